The van der Waals surface area contributed by atoms with E-state index in [2.05, 4.69) is 19.7 Å². The van der Waals surface area contributed by atoms with Crippen molar-refractivity contribution < 1.29 is 143 Å². The predicted octanol–water partition coefficient (Wildman–Crippen LogP) is 5.43. The molecule has 29 nitrogen and oxygen atoms in total. The Morgan fingerprint density at radius 1 is 0.505 bits per heavy atom. The van der Waals surface area contributed by atoms with Gasteiger partial charge in [0.2, 0.25) is 11.6 Å². The molecular formula is C74H92AlLiN4O25. The summed E-state index contributed by atoms with van der Waals surface area (Å²) in [6.07, 6.45) is -0.661. The maximum Gasteiger partial charge on any atom is 1.00 e. The van der Waals surface area contributed by atoms with Gasteiger partial charge < -0.3 is 65.2 Å². The molecule has 4 heterocycles. The maximum absolute atomic E-state index is 11.9. The van der Waals surface area contributed by atoms with Crippen molar-refractivity contribution in [3.63, 3.8) is 0 Å². The molecule has 3 saturated heterocycles. The molecule has 0 amide bonds. The molecule has 0 bridgehead atoms. The third-order valence-electron chi connectivity index (χ3n) is 13.4. The number of aldehydes is 1. The number of aromatic amines is 1. The molecule has 0 atom stereocenters. The first-order valence-corrected chi connectivity index (χ1v) is 31.4. The number of aromatic carboxylic acids is 1. The fourth-order valence-corrected chi connectivity index (χ4v) is 8.07. The number of hydrogen-bond acceptors (Lipinski definition) is 26. The molecule has 0 saturated carbocycles. The van der Waals surface area contributed by atoms with Gasteiger partial charge in [0.1, 0.15) is 12.0 Å². The number of carboxylic acids is 1. The zero-order chi connectivity index (χ0) is 76.1. The maximum atomic E-state index is 11.9. The second-order valence-corrected chi connectivity index (χ2v) is 21.0. The first-order chi connectivity index (χ1) is 48.8. The molecule has 105 heavy (non-hydrogen) atoms. The molecule has 3 aliphatic heterocycles. The normalized spacial score (nSPS) is 12.1. The number of rotatable bonds is 20. The molecule has 562 valence electrons. The van der Waals surface area contributed by atoms with Gasteiger partial charge in [0.15, 0.2) is 70.9 Å². The van der Waals surface area contributed by atoms with Crippen LogP contribution in [-0.2, 0) is 63.7 Å². The van der Waals surface area contributed by atoms with Gasteiger partial charge in [-0.2, -0.15) is 5.10 Å². The van der Waals surface area contributed by atoms with E-state index in [1.807, 2.05) is 36.4 Å². The minimum atomic E-state index is -0.981. The molecule has 7 aromatic rings. The number of H-pyrrole nitrogens is 1. The Bertz CT molecular complexity index is 3780. The van der Waals surface area contributed by atoms with E-state index in [4.69, 9.17) is 59.9 Å². The van der Waals surface area contributed by atoms with Gasteiger partial charge in [0, 0.05) is 70.9 Å². The third-order valence-corrected chi connectivity index (χ3v) is 13.4. The van der Waals surface area contributed by atoms with Crippen molar-refractivity contribution in [3.05, 3.63) is 219 Å². The van der Waals surface area contributed by atoms with E-state index >= 15 is 0 Å². The van der Waals surface area contributed by atoms with E-state index in [0.29, 0.717) is 78.7 Å². The van der Waals surface area contributed by atoms with E-state index in [-0.39, 0.29) is 125 Å². The summed E-state index contributed by atoms with van der Waals surface area (Å²) in [4.78, 5) is 130. The number of carbonyl (C=O) groups is 12. The van der Waals surface area contributed by atoms with Gasteiger partial charge in [-0.1, -0.05) is 133 Å². The van der Waals surface area contributed by atoms with Crippen LogP contribution in [0.4, 0.5) is 0 Å². The van der Waals surface area contributed by atoms with Gasteiger partial charge in [-0.15, -0.1) is 0 Å². The van der Waals surface area contributed by atoms with Crippen LogP contribution in [0, 0.1) is 11.1 Å². The zero-order valence-corrected chi connectivity index (χ0v) is 59.1. The summed E-state index contributed by atoms with van der Waals surface area (Å²) in [5.74, 6) is -4.47. The quantitative estimate of drug-likeness (QED) is 0.00951. The van der Waals surface area contributed by atoms with Crippen LogP contribution in [0.15, 0.2) is 152 Å². The topological polar surface area (TPSA) is 467 Å². The van der Waals surface area contributed by atoms with Crippen molar-refractivity contribution in [2.75, 3.05) is 66.1 Å². The summed E-state index contributed by atoms with van der Waals surface area (Å²) in [5, 5.41) is 39.3. The van der Waals surface area contributed by atoms with Gasteiger partial charge in [0.05, 0.1) is 90.4 Å². The number of nitrogens with one attached hydrogen (secondary N) is 3. The number of aromatic nitrogens is 2. The number of esters is 2. The third kappa shape index (κ3) is 37.0. The number of carboxylic acid groups (broad SMARTS) is 1. The number of ether oxygens (including phenoxy) is 8. The van der Waals surface area contributed by atoms with Crippen molar-refractivity contribution in [2.24, 2.45) is 0 Å². The molecular weight excluding hydrogens is 1380 g/mol. The zero-order valence-electron chi connectivity index (χ0n) is 60.1. The van der Waals surface area contributed by atoms with Gasteiger partial charge in [-0.3, -0.25) is 48.2 Å². The minimum Gasteiger partial charge on any atom is -1.00 e. The van der Waals surface area contributed by atoms with Crippen molar-refractivity contribution >= 4 is 87.8 Å². The summed E-state index contributed by atoms with van der Waals surface area (Å²) in [6.45, 7) is 15.7. The number of hydrogen-bond donors (Lipinski definition) is 7. The predicted molar refractivity (Wildman–Crippen MR) is 383 cm³/mol. The number of nitrogens with zero attached hydrogens (tertiary/aromatic N) is 1. The Labute approximate surface area is 632 Å². The molecule has 1 aromatic heterocycles. The van der Waals surface area contributed by atoms with Gasteiger partial charge in [-0.25, -0.2) is 25.4 Å². The second kappa shape index (κ2) is 54.9. The Morgan fingerprint density at radius 2 is 0.829 bits per heavy atom. The molecule has 3 fully saturated rings. The number of aliphatic hydroxyl groups excluding tert-OH is 3. The summed E-state index contributed by atoms with van der Waals surface area (Å²) in [7, 11) is 0. The Balaban J connectivity index is -0.000000577. The molecule has 10 rings (SSSR count). The van der Waals surface area contributed by atoms with E-state index in [1.54, 1.807) is 112 Å². The SMILES string of the molecule is CC(=O)c1cc(-c2ccc(C3OCCO3)cc2)n[nH]1.CC(=O)c1ccc(C(=O)O)cc1.CC(=O)c1ccc(C2OCCO2)cc1.CC(=O)c1ccc(C=O)cc1.CC(=O)c1ccc(CO)cc1.CCOC(=O)C(=O)CC(=O)c1ccc(C2OCCO2)cc1.CCOC(=O)C(C)=O.N=N.O.OCCO.[AlH3].[H-].[HH].[Li+]. The summed E-state index contributed by atoms with van der Waals surface area (Å²) >= 11 is 0. The number of ketones is 8. The van der Waals surface area contributed by atoms with E-state index in [1.165, 1.54) is 58.9 Å². The van der Waals surface area contributed by atoms with Crippen LogP contribution in [0.3, 0.4) is 0 Å². The molecule has 0 radical (unpaired) electrons. The molecule has 3 aliphatic rings. The smallest absolute Gasteiger partial charge is 1.00 e. The van der Waals surface area contributed by atoms with Crippen molar-refractivity contribution in [3.8, 4) is 11.3 Å². The van der Waals surface area contributed by atoms with Crippen molar-refractivity contribution in [1.29, 1.82) is 11.1 Å². The molecule has 6 aromatic carbocycles. The minimum absolute atomic E-state index is 0. The molecule has 9 N–H and O–H groups in total. The standard InChI is InChI=1S/C15H16O6.C14H14N2O3.C11H12O3.C9H8O3.C9H10O2.C9H8O2.C5H8O3.C2H6O2.Al.Li.H2N2.H2O.H2.4H/c1-2-19-14(18)13(17)9-12(16)10-3-5-11(6-4-10)15-20-7-8-21-15;1-9(17)12-8-13(16-15-12)10-2-4-11(5-3-10)14-18-6-7-19-14;1-8(12)9-2-4-10(5-3-9)11-13-6-7-14-11;1-6(10)7-2-4-8(5-3-7)9(11)12;2*1-7(11)9-4-2-8(6-10)3-5-9;1-3-8-5(7)4(2)6;3-1-2-4;;;1-2;;;;;;/h3-6,15H,2,7-9H2,1H3;2-5,8,14H,6-7H2,1H3,(H,15,16);2-5,11H,6-7H2,1H3;2-5H,1H3,(H,11,12);2-5,10H,6H2,1H3;2-6H,1H3;3H2,1-2H3;3-4H,1-2H2;;;1-2H;1H2;1H;;;;/q;;;;;;;;;+1;;;;;;;-1. The number of carbonyl (C=O) groups excluding carboxylic acids is 11. The summed E-state index contributed by atoms with van der Waals surface area (Å²) in [5.41, 5.74) is 19.5. The van der Waals surface area contributed by atoms with Gasteiger partial charge >= 0.3 is 36.8 Å². The van der Waals surface area contributed by atoms with Crippen molar-refractivity contribution in [1.82, 2.24) is 10.2 Å². The fourth-order valence-electron chi connectivity index (χ4n) is 8.07. The van der Waals surface area contributed by atoms with Crippen LogP contribution in [-0.4, -0.2) is 190 Å². The number of benzene rings is 6. The van der Waals surface area contributed by atoms with Gasteiger partial charge in [-0.05, 0) is 65.3 Å². The van der Waals surface area contributed by atoms with Crippen LogP contribution in [0.25, 0.3) is 11.3 Å². The molecule has 31 heteroatoms. The second-order valence-electron chi connectivity index (χ2n) is 21.0. The van der Waals surface area contributed by atoms with Crippen molar-refractivity contribution in [2.45, 2.75) is 87.3 Å². The number of Topliss-reactive ketones (excluding diaryl/α,β-unsaturated/α-hetero) is 8. The Morgan fingerprint density at radius 3 is 1.12 bits per heavy atom. The average molecular weight is 1470 g/mol. The van der Waals surface area contributed by atoms with E-state index < -0.39 is 48.0 Å². The van der Waals surface area contributed by atoms with Crippen LogP contribution in [0.5, 0.6) is 0 Å². The first kappa shape index (κ1) is 97.4. The molecule has 0 spiro atoms. The molecule has 0 unspecified atom stereocenters. The number of aliphatic hydroxyl groups is 3. The van der Waals surface area contributed by atoms with Crippen LogP contribution < -0.4 is 18.9 Å². The Hall–Kier alpha value is -9.70. The Kier molecular flexibility index (Phi) is 50.9. The first-order valence-electron chi connectivity index (χ1n) is 31.4. The largest absolute Gasteiger partial charge is 1.00 e. The van der Waals surface area contributed by atoms with Crippen LogP contribution in [0.1, 0.15) is 189 Å². The molecule has 0 aliphatic carbocycles. The van der Waals surface area contributed by atoms with E-state index in [0.717, 1.165) is 39.8 Å². The van der Waals surface area contributed by atoms with Crippen LogP contribution in [0.2, 0.25) is 0 Å². The monoisotopic (exact) mass is 1470 g/mol. The van der Waals surface area contributed by atoms with Crippen LogP contribution >= 0.6 is 0 Å². The van der Waals surface area contributed by atoms with Gasteiger partial charge in [0.25, 0.3) is 0 Å². The van der Waals surface area contributed by atoms with E-state index in [9.17, 15) is 57.5 Å². The summed E-state index contributed by atoms with van der Waals surface area (Å²) < 4.78 is 41.1. The summed E-state index contributed by atoms with van der Waals surface area (Å²) in [6, 6.07) is 42.8. The fraction of sp³-hybridized carbons (Fsp3) is 0.311. The average Bonchev–Trinajstić information content (AvgIpc) is 1.73.